The Hall–Kier alpha value is -1.36. The quantitative estimate of drug-likeness (QED) is 0.668. The molecule has 0 N–H and O–H groups in total. The lowest BCUT2D eigenvalue weighted by Crippen LogP contribution is -2.30. The predicted octanol–water partition coefficient (Wildman–Crippen LogP) is 0.686. The van der Waals surface area contributed by atoms with Crippen molar-refractivity contribution in [2.45, 2.75) is 20.4 Å². The van der Waals surface area contributed by atoms with Crippen LogP contribution < -0.4 is 0 Å². The summed E-state index contributed by atoms with van der Waals surface area (Å²) in [5.74, 6) is 0.817. The lowest BCUT2D eigenvalue weighted by Gasteiger charge is -2.16. The molecule has 0 aliphatic carbocycles. The fraction of sp³-hybridized carbons (Fsp3) is 0.636. The second-order valence-electron chi connectivity index (χ2n) is 3.71. The van der Waals surface area contributed by atoms with E-state index in [4.69, 9.17) is 4.74 Å². The average Bonchev–Trinajstić information content (AvgIpc) is 2.61. The van der Waals surface area contributed by atoms with Gasteiger partial charge in [-0.2, -0.15) is 0 Å². The number of carbonyl (C=O) groups excluding carboxylic acids is 1. The van der Waals surface area contributed by atoms with E-state index >= 15 is 0 Å². The van der Waals surface area contributed by atoms with Gasteiger partial charge in [-0.05, 0) is 20.9 Å². The highest BCUT2D eigenvalue weighted by molar-refractivity contribution is 5.71. The van der Waals surface area contributed by atoms with E-state index in [-0.39, 0.29) is 5.97 Å². The summed E-state index contributed by atoms with van der Waals surface area (Å²) in [6.07, 6.45) is 3.72. The third kappa shape index (κ3) is 4.02. The molecule has 0 fully saturated rings. The molecule has 0 aliphatic rings. The van der Waals surface area contributed by atoms with Crippen molar-refractivity contribution in [3.63, 3.8) is 0 Å². The molecule has 0 aromatic carbocycles. The standard InChI is InChI=1S/C11H19N3O2/c1-4-16-11(15)9-13(3)7-8-14-6-5-12-10(14)2/h5-6H,4,7-9H2,1-3H3. The van der Waals surface area contributed by atoms with Crippen LogP contribution in [0.1, 0.15) is 12.7 Å². The van der Waals surface area contributed by atoms with Crippen LogP contribution in [0, 0.1) is 6.92 Å². The molecule has 0 radical (unpaired) electrons. The molecule has 0 unspecified atom stereocenters. The van der Waals surface area contributed by atoms with Gasteiger partial charge in [0.1, 0.15) is 5.82 Å². The molecule has 0 bridgehead atoms. The highest BCUT2D eigenvalue weighted by atomic mass is 16.5. The number of aromatic nitrogens is 2. The lowest BCUT2D eigenvalue weighted by atomic mass is 10.5. The monoisotopic (exact) mass is 225 g/mol. The second kappa shape index (κ2) is 6.27. The molecule has 16 heavy (non-hydrogen) atoms. The first-order valence-electron chi connectivity index (χ1n) is 5.45. The Bertz CT molecular complexity index is 336. The summed E-state index contributed by atoms with van der Waals surface area (Å²) in [5.41, 5.74) is 0. The highest BCUT2D eigenvalue weighted by Gasteiger charge is 2.07. The van der Waals surface area contributed by atoms with E-state index in [2.05, 4.69) is 9.55 Å². The fourth-order valence-corrected chi connectivity index (χ4v) is 1.42. The molecule has 5 heteroatoms. The summed E-state index contributed by atoms with van der Waals surface area (Å²) in [5, 5.41) is 0. The molecule has 0 saturated heterocycles. The van der Waals surface area contributed by atoms with Crippen molar-refractivity contribution >= 4 is 5.97 Å². The van der Waals surface area contributed by atoms with Crippen molar-refractivity contribution in [2.75, 3.05) is 26.7 Å². The van der Waals surface area contributed by atoms with Crippen LogP contribution in [0.25, 0.3) is 0 Å². The molecular weight excluding hydrogens is 206 g/mol. The van der Waals surface area contributed by atoms with Crippen LogP contribution >= 0.6 is 0 Å². The van der Waals surface area contributed by atoms with E-state index in [1.54, 1.807) is 6.20 Å². The molecule has 0 spiro atoms. The minimum atomic E-state index is -0.174. The van der Waals surface area contributed by atoms with E-state index in [1.165, 1.54) is 0 Å². The number of carbonyl (C=O) groups is 1. The first kappa shape index (κ1) is 12.7. The molecule has 1 heterocycles. The van der Waals surface area contributed by atoms with Gasteiger partial charge in [0, 0.05) is 25.5 Å². The largest absolute Gasteiger partial charge is 0.465 e. The van der Waals surface area contributed by atoms with Crippen molar-refractivity contribution < 1.29 is 9.53 Å². The topological polar surface area (TPSA) is 47.4 Å². The summed E-state index contributed by atoms with van der Waals surface area (Å²) in [7, 11) is 1.91. The number of imidazole rings is 1. The van der Waals surface area contributed by atoms with Gasteiger partial charge in [0.05, 0.1) is 13.2 Å². The maximum Gasteiger partial charge on any atom is 0.320 e. The smallest absolute Gasteiger partial charge is 0.320 e. The minimum Gasteiger partial charge on any atom is -0.465 e. The second-order valence-corrected chi connectivity index (χ2v) is 3.71. The summed E-state index contributed by atoms with van der Waals surface area (Å²) in [6.45, 7) is 6.19. The maximum absolute atomic E-state index is 11.2. The van der Waals surface area contributed by atoms with Crippen LogP contribution in [0.2, 0.25) is 0 Å². The summed E-state index contributed by atoms with van der Waals surface area (Å²) in [6, 6.07) is 0. The van der Waals surface area contributed by atoms with E-state index in [0.717, 1.165) is 18.9 Å². The van der Waals surface area contributed by atoms with Gasteiger partial charge in [-0.15, -0.1) is 0 Å². The number of ether oxygens (including phenoxy) is 1. The molecule has 1 aromatic rings. The lowest BCUT2D eigenvalue weighted by molar-refractivity contribution is -0.144. The van der Waals surface area contributed by atoms with E-state index in [0.29, 0.717) is 13.2 Å². The predicted molar refractivity (Wildman–Crippen MR) is 61.1 cm³/mol. The van der Waals surface area contributed by atoms with Crippen LogP contribution in [-0.2, 0) is 16.1 Å². The SMILES string of the molecule is CCOC(=O)CN(C)CCn1ccnc1C. The third-order valence-corrected chi connectivity index (χ3v) is 2.35. The number of hydrogen-bond acceptors (Lipinski definition) is 4. The zero-order valence-corrected chi connectivity index (χ0v) is 10.1. The summed E-state index contributed by atoms with van der Waals surface area (Å²) >= 11 is 0. The summed E-state index contributed by atoms with van der Waals surface area (Å²) in [4.78, 5) is 17.3. The van der Waals surface area contributed by atoms with Crippen LogP contribution in [0.5, 0.6) is 0 Å². The van der Waals surface area contributed by atoms with Gasteiger partial charge in [0.2, 0.25) is 0 Å². The molecular formula is C11H19N3O2. The first-order valence-corrected chi connectivity index (χ1v) is 5.45. The van der Waals surface area contributed by atoms with Gasteiger partial charge in [-0.1, -0.05) is 0 Å². The zero-order valence-electron chi connectivity index (χ0n) is 10.1. The maximum atomic E-state index is 11.2. The van der Waals surface area contributed by atoms with E-state index in [9.17, 15) is 4.79 Å². The van der Waals surface area contributed by atoms with Crippen LogP contribution in [0.15, 0.2) is 12.4 Å². The van der Waals surface area contributed by atoms with Gasteiger partial charge < -0.3 is 9.30 Å². The van der Waals surface area contributed by atoms with Crippen LogP contribution in [0.3, 0.4) is 0 Å². The van der Waals surface area contributed by atoms with Crippen LogP contribution in [0.4, 0.5) is 0 Å². The average molecular weight is 225 g/mol. The van der Waals surface area contributed by atoms with Crippen LogP contribution in [-0.4, -0.2) is 47.2 Å². The third-order valence-electron chi connectivity index (χ3n) is 2.35. The Labute approximate surface area is 96.0 Å². The molecule has 0 saturated carbocycles. The number of likely N-dealkylation sites (N-methyl/N-ethyl adjacent to an activating group) is 1. The van der Waals surface area contributed by atoms with Gasteiger partial charge in [-0.3, -0.25) is 9.69 Å². The van der Waals surface area contributed by atoms with Gasteiger partial charge in [0.25, 0.3) is 0 Å². The Morgan fingerprint density at radius 1 is 1.62 bits per heavy atom. The Morgan fingerprint density at radius 2 is 2.38 bits per heavy atom. The molecule has 1 rings (SSSR count). The number of nitrogens with zero attached hydrogens (tertiary/aromatic N) is 3. The van der Waals surface area contributed by atoms with Crippen molar-refractivity contribution in [3.05, 3.63) is 18.2 Å². The highest BCUT2D eigenvalue weighted by Crippen LogP contribution is 1.96. The molecule has 0 amide bonds. The van der Waals surface area contributed by atoms with E-state index < -0.39 is 0 Å². The summed E-state index contributed by atoms with van der Waals surface area (Å²) < 4.78 is 6.93. The van der Waals surface area contributed by atoms with Crippen molar-refractivity contribution in [1.29, 1.82) is 0 Å². The molecule has 1 aromatic heterocycles. The first-order chi connectivity index (χ1) is 7.63. The number of rotatable bonds is 6. The Balaban J connectivity index is 2.27. The van der Waals surface area contributed by atoms with Crippen molar-refractivity contribution in [2.24, 2.45) is 0 Å². The van der Waals surface area contributed by atoms with Crippen molar-refractivity contribution in [1.82, 2.24) is 14.5 Å². The molecule has 0 atom stereocenters. The molecule has 90 valence electrons. The van der Waals surface area contributed by atoms with Gasteiger partial charge in [-0.25, -0.2) is 4.98 Å². The number of aryl methyl sites for hydroxylation is 1. The Morgan fingerprint density at radius 3 is 2.94 bits per heavy atom. The van der Waals surface area contributed by atoms with Gasteiger partial charge in [0.15, 0.2) is 0 Å². The van der Waals surface area contributed by atoms with Gasteiger partial charge >= 0.3 is 5.97 Å². The number of esters is 1. The fourth-order valence-electron chi connectivity index (χ4n) is 1.42. The van der Waals surface area contributed by atoms with E-state index in [1.807, 2.05) is 32.0 Å². The molecule has 0 aliphatic heterocycles. The minimum absolute atomic E-state index is 0.174. The zero-order chi connectivity index (χ0) is 12.0. The normalized spacial score (nSPS) is 10.8. The van der Waals surface area contributed by atoms with Crippen molar-refractivity contribution in [3.8, 4) is 0 Å². The Kier molecular flexibility index (Phi) is 4.98. The number of hydrogen-bond donors (Lipinski definition) is 0. The molecule has 5 nitrogen and oxygen atoms in total.